The Morgan fingerprint density at radius 1 is 1.12 bits per heavy atom. The third-order valence-corrected chi connectivity index (χ3v) is 7.10. The molecule has 180 valence electrons. The molecule has 2 aromatic carbocycles. The Morgan fingerprint density at radius 2 is 1.82 bits per heavy atom. The smallest absolute Gasteiger partial charge is 0.266 e. The van der Waals surface area contributed by atoms with Crippen molar-refractivity contribution < 1.29 is 4.79 Å². The van der Waals surface area contributed by atoms with Crippen LogP contribution in [0.2, 0.25) is 0 Å². The van der Waals surface area contributed by atoms with Crippen molar-refractivity contribution in [1.29, 1.82) is 0 Å². The van der Waals surface area contributed by atoms with Gasteiger partial charge < -0.3 is 4.90 Å². The highest BCUT2D eigenvalue weighted by Crippen LogP contribution is 2.29. The van der Waals surface area contributed by atoms with E-state index in [0.29, 0.717) is 29.8 Å². The maximum absolute atomic E-state index is 13.7. The number of halogens is 1. The molecule has 0 saturated carbocycles. The third-order valence-electron chi connectivity index (χ3n) is 6.57. The lowest BCUT2D eigenvalue weighted by Crippen LogP contribution is -2.55. The lowest BCUT2D eigenvalue weighted by Gasteiger charge is -2.43. The van der Waals surface area contributed by atoms with Crippen molar-refractivity contribution >= 4 is 32.7 Å². The number of hydrogen-bond donors (Lipinski definition) is 0. The first-order chi connectivity index (χ1) is 16.3. The molecule has 2 heterocycles. The van der Waals surface area contributed by atoms with Gasteiger partial charge in [-0.15, -0.1) is 0 Å². The van der Waals surface area contributed by atoms with Crippen LogP contribution < -0.4 is 5.56 Å². The average Bonchev–Trinajstić information content (AvgIpc) is 2.80. The average molecular weight is 525 g/mol. The van der Waals surface area contributed by atoms with E-state index in [1.165, 1.54) is 0 Å². The van der Waals surface area contributed by atoms with Gasteiger partial charge in [-0.05, 0) is 55.7 Å². The number of piperazine rings is 1. The van der Waals surface area contributed by atoms with Crippen molar-refractivity contribution in [3.05, 3.63) is 69.2 Å². The van der Waals surface area contributed by atoms with E-state index in [4.69, 9.17) is 4.98 Å². The number of nitrogens with zero attached hydrogens (tertiary/aromatic N) is 4. The summed E-state index contributed by atoms with van der Waals surface area (Å²) in [7, 11) is 0. The van der Waals surface area contributed by atoms with Gasteiger partial charge in [-0.2, -0.15) is 0 Å². The van der Waals surface area contributed by atoms with Crippen LogP contribution in [0.25, 0.3) is 16.6 Å². The summed E-state index contributed by atoms with van der Waals surface area (Å²) in [5.74, 6) is 1.33. The lowest BCUT2D eigenvalue weighted by atomic mass is 10.0. The first-order valence-corrected chi connectivity index (χ1v) is 12.9. The van der Waals surface area contributed by atoms with Crippen LogP contribution >= 0.6 is 15.9 Å². The zero-order valence-corrected chi connectivity index (χ0v) is 22.0. The van der Waals surface area contributed by atoms with Gasteiger partial charge in [0.1, 0.15) is 5.82 Å². The molecule has 1 aliphatic heterocycles. The minimum Gasteiger partial charge on any atom is -0.337 e. The minimum atomic E-state index is -0.0554. The Bertz CT molecular complexity index is 1220. The van der Waals surface area contributed by atoms with Crippen molar-refractivity contribution in [2.45, 2.75) is 52.6 Å². The molecule has 1 fully saturated rings. The molecule has 4 rings (SSSR count). The molecule has 7 heteroatoms. The van der Waals surface area contributed by atoms with Gasteiger partial charge in [-0.25, -0.2) is 4.98 Å². The molecule has 0 bridgehead atoms. The maximum Gasteiger partial charge on any atom is 0.266 e. The van der Waals surface area contributed by atoms with Gasteiger partial charge in [0, 0.05) is 36.6 Å². The van der Waals surface area contributed by atoms with Gasteiger partial charge in [0.05, 0.1) is 22.6 Å². The minimum absolute atomic E-state index is 0.0363. The van der Waals surface area contributed by atoms with Crippen LogP contribution in [0, 0.1) is 5.92 Å². The number of carbonyl (C=O) groups is 1. The fraction of sp³-hybridized carbons (Fsp3) is 0.444. The second-order valence-electron chi connectivity index (χ2n) is 9.56. The zero-order valence-electron chi connectivity index (χ0n) is 20.4. The van der Waals surface area contributed by atoms with E-state index >= 15 is 0 Å². The normalized spacial score (nSPS) is 17.9. The molecule has 1 saturated heterocycles. The molecule has 0 N–H and O–H groups in total. The van der Waals surface area contributed by atoms with Gasteiger partial charge in [0.25, 0.3) is 5.56 Å². The summed E-state index contributed by atoms with van der Waals surface area (Å²) in [6.45, 7) is 10.6. The number of benzene rings is 2. The molecule has 34 heavy (non-hydrogen) atoms. The first-order valence-electron chi connectivity index (χ1n) is 12.1. The summed E-state index contributed by atoms with van der Waals surface area (Å²) in [6.07, 6.45) is 1.39. The fourth-order valence-electron chi connectivity index (χ4n) is 4.92. The Kier molecular flexibility index (Phi) is 7.53. The lowest BCUT2D eigenvalue weighted by molar-refractivity contribution is -0.137. The highest BCUT2D eigenvalue weighted by atomic mass is 79.9. The van der Waals surface area contributed by atoms with E-state index in [0.717, 1.165) is 35.5 Å². The first kappa shape index (κ1) is 24.6. The standard InChI is InChI=1S/C27H33BrN4O2/c1-5-24(30-14-15-31(19(4)17-30)25(33)16-18(2)3)26-29-23-9-7-6-8-22(23)27(34)32(26)21-12-10-20(28)11-13-21/h6-13,18-19,24H,5,14-17H2,1-4H3. The largest absolute Gasteiger partial charge is 0.337 e. The monoisotopic (exact) mass is 524 g/mol. The molecule has 0 radical (unpaired) electrons. The molecule has 1 aromatic heterocycles. The van der Waals surface area contributed by atoms with Crippen LogP contribution in [0.3, 0.4) is 0 Å². The molecule has 2 atom stereocenters. The van der Waals surface area contributed by atoms with Gasteiger partial charge in [0.15, 0.2) is 0 Å². The molecular formula is C27H33BrN4O2. The number of rotatable bonds is 6. The Balaban J connectivity index is 1.74. The fourth-order valence-corrected chi connectivity index (χ4v) is 5.19. The Morgan fingerprint density at radius 3 is 2.47 bits per heavy atom. The summed E-state index contributed by atoms with van der Waals surface area (Å²) >= 11 is 3.50. The van der Waals surface area contributed by atoms with Crippen LogP contribution in [-0.2, 0) is 4.79 Å². The van der Waals surface area contributed by atoms with Crippen molar-refractivity contribution in [2.75, 3.05) is 19.6 Å². The van der Waals surface area contributed by atoms with Crippen LogP contribution in [-0.4, -0.2) is 50.9 Å². The van der Waals surface area contributed by atoms with Crippen LogP contribution in [0.5, 0.6) is 0 Å². The predicted molar refractivity (Wildman–Crippen MR) is 140 cm³/mol. The molecule has 6 nitrogen and oxygen atoms in total. The highest BCUT2D eigenvalue weighted by molar-refractivity contribution is 9.10. The number of para-hydroxylation sites is 1. The van der Waals surface area contributed by atoms with Crippen molar-refractivity contribution in [3.63, 3.8) is 0 Å². The van der Waals surface area contributed by atoms with E-state index in [1.807, 2.05) is 53.4 Å². The molecule has 1 amide bonds. The van der Waals surface area contributed by atoms with Crippen molar-refractivity contribution in [3.8, 4) is 5.69 Å². The van der Waals surface area contributed by atoms with Gasteiger partial charge in [-0.1, -0.05) is 48.8 Å². The van der Waals surface area contributed by atoms with Crippen LogP contribution in [0.15, 0.2) is 57.8 Å². The zero-order chi connectivity index (χ0) is 24.4. The summed E-state index contributed by atoms with van der Waals surface area (Å²) in [5, 5.41) is 0.612. The second-order valence-corrected chi connectivity index (χ2v) is 10.5. The molecule has 0 aliphatic carbocycles. The Labute approximate surface area is 209 Å². The summed E-state index contributed by atoms with van der Waals surface area (Å²) in [6, 6.07) is 15.4. The number of hydrogen-bond acceptors (Lipinski definition) is 4. The van der Waals surface area contributed by atoms with E-state index < -0.39 is 0 Å². The van der Waals surface area contributed by atoms with E-state index in [-0.39, 0.29) is 23.6 Å². The SMILES string of the molecule is CCC(c1nc2ccccc2c(=O)n1-c1ccc(Br)cc1)N1CCN(C(=O)CC(C)C)C(C)C1. The van der Waals surface area contributed by atoms with Gasteiger partial charge >= 0.3 is 0 Å². The van der Waals surface area contributed by atoms with Crippen LogP contribution in [0.1, 0.15) is 52.4 Å². The Hall–Kier alpha value is -2.51. The number of fused-ring (bicyclic) bond motifs is 1. The molecule has 2 unspecified atom stereocenters. The summed E-state index contributed by atoms with van der Waals surface area (Å²) < 4.78 is 2.73. The molecule has 0 spiro atoms. The predicted octanol–water partition coefficient (Wildman–Crippen LogP) is 5.18. The molecule has 3 aromatic rings. The van der Waals surface area contributed by atoms with Gasteiger partial charge in [0.2, 0.25) is 5.91 Å². The number of carbonyl (C=O) groups excluding carboxylic acids is 1. The van der Waals surface area contributed by atoms with Crippen LogP contribution in [0.4, 0.5) is 0 Å². The number of aromatic nitrogens is 2. The quantitative estimate of drug-likeness (QED) is 0.445. The molecule has 1 aliphatic rings. The highest BCUT2D eigenvalue weighted by Gasteiger charge is 2.33. The van der Waals surface area contributed by atoms with Gasteiger partial charge in [-0.3, -0.25) is 19.1 Å². The summed E-state index contributed by atoms with van der Waals surface area (Å²) in [4.78, 5) is 35.9. The maximum atomic E-state index is 13.7. The molecular weight excluding hydrogens is 492 g/mol. The van der Waals surface area contributed by atoms with Crippen molar-refractivity contribution in [1.82, 2.24) is 19.4 Å². The topological polar surface area (TPSA) is 58.4 Å². The van der Waals surface area contributed by atoms with Crippen molar-refractivity contribution in [2.24, 2.45) is 5.92 Å². The third kappa shape index (κ3) is 4.96. The van der Waals surface area contributed by atoms with E-state index in [1.54, 1.807) is 4.57 Å². The van der Waals surface area contributed by atoms with E-state index in [2.05, 4.69) is 48.5 Å². The van der Waals surface area contributed by atoms with E-state index in [9.17, 15) is 9.59 Å². The summed E-state index contributed by atoms with van der Waals surface area (Å²) in [5.41, 5.74) is 1.46. The number of amides is 1. The second kappa shape index (κ2) is 10.4.